The molecule has 0 fully saturated rings. The molecule has 0 aliphatic carbocycles. The number of hydrogen-bond acceptors (Lipinski definition) is 6. The second-order valence-electron chi connectivity index (χ2n) is 6.44. The van der Waals surface area contributed by atoms with Crippen molar-refractivity contribution in [3.05, 3.63) is 69.4 Å². The summed E-state index contributed by atoms with van der Waals surface area (Å²) >= 11 is 0. The Morgan fingerprint density at radius 1 is 1.13 bits per heavy atom. The summed E-state index contributed by atoms with van der Waals surface area (Å²) in [6, 6.07) is 9.25. The largest absolute Gasteiger partial charge is 0.497 e. The molecule has 0 aromatic heterocycles. The Balaban J connectivity index is 1.98. The number of rotatable bonds is 6. The summed E-state index contributed by atoms with van der Waals surface area (Å²) in [7, 11) is 3.00. The van der Waals surface area contributed by atoms with Crippen molar-refractivity contribution >= 4 is 23.3 Å². The van der Waals surface area contributed by atoms with Gasteiger partial charge in [-0.15, -0.1) is 0 Å². The number of nitro groups is 1. The SMILES string of the molecule is COc1ccc(OC)c([C@H]2NC(=O)NC(C)=C2C(=O)Nc2ccc([N+](=O)[O-])cc2)c1. The zero-order valence-corrected chi connectivity index (χ0v) is 16.5. The van der Waals surface area contributed by atoms with Crippen molar-refractivity contribution in [1.82, 2.24) is 10.6 Å². The monoisotopic (exact) mass is 412 g/mol. The van der Waals surface area contributed by atoms with Gasteiger partial charge in [-0.25, -0.2) is 4.79 Å². The lowest BCUT2D eigenvalue weighted by Crippen LogP contribution is -2.46. The lowest BCUT2D eigenvalue weighted by molar-refractivity contribution is -0.384. The summed E-state index contributed by atoms with van der Waals surface area (Å²) < 4.78 is 10.7. The average Bonchev–Trinajstić information content (AvgIpc) is 2.72. The smallest absolute Gasteiger partial charge is 0.319 e. The van der Waals surface area contributed by atoms with Crippen LogP contribution in [0.15, 0.2) is 53.7 Å². The molecule has 1 heterocycles. The summed E-state index contributed by atoms with van der Waals surface area (Å²) in [5, 5.41) is 18.8. The van der Waals surface area contributed by atoms with Crippen molar-refractivity contribution in [2.75, 3.05) is 19.5 Å². The summed E-state index contributed by atoms with van der Waals surface area (Å²) in [5.74, 6) is 0.520. The maximum absolute atomic E-state index is 13.1. The summed E-state index contributed by atoms with van der Waals surface area (Å²) in [6.45, 7) is 1.61. The number of nitrogens with zero attached hydrogens (tertiary/aromatic N) is 1. The van der Waals surface area contributed by atoms with Crippen molar-refractivity contribution < 1.29 is 24.0 Å². The molecule has 10 nitrogen and oxygen atoms in total. The van der Waals surface area contributed by atoms with Crippen LogP contribution in [0, 0.1) is 10.1 Å². The Morgan fingerprint density at radius 3 is 2.43 bits per heavy atom. The molecule has 1 aliphatic heterocycles. The van der Waals surface area contributed by atoms with E-state index in [4.69, 9.17) is 9.47 Å². The third kappa shape index (κ3) is 4.17. The normalized spacial score (nSPS) is 15.7. The Kier molecular flexibility index (Phi) is 5.86. The quantitative estimate of drug-likeness (QED) is 0.494. The lowest BCUT2D eigenvalue weighted by atomic mass is 9.93. The number of ether oxygens (including phenoxy) is 2. The number of allylic oxidation sites excluding steroid dienone is 1. The minimum atomic E-state index is -0.804. The number of nitrogens with one attached hydrogen (secondary N) is 3. The number of carbonyl (C=O) groups excluding carboxylic acids is 2. The van der Waals surface area contributed by atoms with Gasteiger partial charge in [0.05, 0.1) is 30.8 Å². The van der Waals surface area contributed by atoms with Gasteiger partial charge >= 0.3 is 6.03 Å². The third-order valence-electron chi connectivity index (χ3n) is 4.60. The number of methoxy groups -OCH3 is 2. The van der Waals surface area contributed by atoms with Crippen molar-refractivity contribution in [2.24, 2.45) is 0 Å². The van der Waals surface area contributed by atoms with Crippen LogP contribution in [-0.2, 0) is 4.79 Å². The van der Waals surface area contributed by atoms with Crippen LogP contribution in [0.5, 0.6) is 11.5 Å². The molecule has 2 aromatic carbocycles. The first-order valence-corrected chi connectivity index (χ1v) is 8.90. The summed E-state index contributed by atoms with van der Waals surface area (Å²) in [6.07, 6.45) is 0. The van der Waals surface area contributed by atoms with Gasteiger partial charge in [-0.05, 0) is 37.3 Å². The van der Waals surface area contributed by atoms with Crippen LogP contribution in [0.4, 0.5) is 16.2 Å². The molecule has 3 N–H and O–H groups in total. The molecule has 0 saturated heterocycles. The second-order valence-corrected chi connectivity index (χ2v) is 6.44. The third-order valence-corrected chi connectivity index (χ3v) is 4.60. The number of amides is 3. The molecule has 0 spiro atoms. The number of urea groups is 1. The van der Waals surface area contributed by atoms with Crippen LogP contribution < -0.4 is 25.4 Å². The van der Waals surface area contributed by atoms with Gasteiger partial charge in [0.1, 0.15) is 11.5 Å². The van der Waals surface area contributed by atoms with Crippen LogP contribution >= 0.6 is 0 Å². The minimum absolute atomic E-state index is 0.0889. The fourth-order valence-corrected chi connectivity index (χ4v) is 3.16. The number of anilines is 1. The van der Waals surface area contributed by atoms with Gasteiger partial charge < -0.3 is 25.4 Å². The van der Waals surface area contributed by atoms with E-state index in [1.54, 1.807) is 25.1 Å². The number of non-ortho nitro benzene ring substituents is 1. The van der Waals surface area contributed by atoms with Crippen LogP contribution in [0.25, 0.3) is 0 Å². The van der Waals surface area contributed by atoms with E-state index in [-0.39, 0.29) is 11.3 Å². The Hall–Kier alpha value is -4.08. The van der Waals surface area contributed by atoms with Gasteiger partial charge in [-0.3, -0.25) is 14.9 Å². The highest BCUT2D eigenvalue weighted by Crippen LogP contribution is 2.36. The molecule has 156 valence electrons. The van der Waals surface area contributed by atoms with E-state index in [0.29, 0.717) is 28.4 Å². The molecule has 1 atom stereocenters. The maximum Gasteiger partial charge on any atom is 0.319 e. The van der Waals surface area contributed by atoms with Gasteiger partial charge in [-0.1, -0.05) is 0 Å². The van der Waals surface area contributed by atoms with Crippen molar-refractivity contribution in [3.8, 4) is 11.5 Å². The molecule has 30 heavy (non-hydrogen) atoms. The highest BCUT2D eigenvalue weighted by molar-refractivity contribution is 6.07. The molecule has 3 amide bonds. The number of hydrogen-bond donors (Lipinski definition) is 3. The molecular weight excluding hydrogens is 392 g/mol. The van der Waals surface area contributed by atoms with E-state index < -0.39 is 22.9 Å². The zero-order valence-electron chi connectivity index (χ0n) is 16.5. The van der Waals surface area contributed by atoms with Gasteiger partial charge in [0.15, 0.2) is 0 Å². The van der Waals surface area contributed by atoms with Crippen molar-refractivity contribution in [1.29, 1.82) is 0 Å². The molecule has 2 aromatic rings. The van der Waals surface area contributed by atoms with Crippen LogP contribution in [0.3, 0.4) is 0 Å². The van der Waals surface area contributed by atoms with Crippen LogP contribution in [-0.4, -0.2) is 31.1 Å². The number of benzene rings is 2. The fourth-order valence-electron chi connectivity index (χ4n) is 3.16. The van der Waals surface area contributed by atoms with Crippen LogP contribution in [0.1, 0.15) is 18.5 Å². The molecular formula is C20H20N4O6. The van der Waals surface area contributed by atoms with E-state index in [9.17, 15) is 19.7 Å². The Labute approximate surface area is 172 Å². The zero-order chi connectivity index (χ0) is 21.8. The van der Waals surface area contributed by atoms with E-state index in [1.807, 2.05) is 0 Å². The van der Waals surface area contributed by atoms with E-state index >= 15 is 0 Å². The second kappa shape index (κ2) is 8.52. The topological polar surface area (TPSA) is 132 Å². The first-order chi connectivity index (χ1) is 14.3. The van der Waals surface area contributed by atoms with Crippen molar-refractivity contribution in [3.63, 3.8) is 0 Å². The molecule has 3 rings (SSSR count). The number of nitro benzene ring substituents is 1. The average molecular weight is 412 g/mol. The van der Waals surface area contributed by atoms with Gasteiger partial charge in [0.25, 0.3) is 11.6 Å². The first-order valence-electron chi connectivity index (χ1n) is 8.90. The molecule has 0 radical (unpaired) electrons. The standard InChI is InChI=1S/C20H20N4O6/c1-11-17(19(25)22-12-4-6-13(7-5-12)24(27)28)18(23-20(26)21-11)15-10-14(29-2)8-9-16(15)30-3/h4-10,18H,1-3H3,(H,22,25)(H2,21,23,26)/t18-/m1/s1. The van der Waals surface area contributed by atoms with E-state index in [2.05, 4.69) is 16.0 Å². The molecule has 1 aliphatic rings. The van der Waals surface area contributed by atoms with E-state index in [1.165, 1.54) is 38.5 Å². The van der Waals surface area contributed by atoms with Crippen molar-refractivity contribution in [2.45, 2.75) is 13.0 Å². The minimum Gasteiger partial charge on any atom is -0.497 e. The van der Waals surface area contributed by atoms with E-state index in [0.717, 1.165) is 0 Å². The highest BCUT2D eigenvalue weighted by Gasteiger charge is 2.33. The molecule has 10 heteroatoms. The fraction of sp³-hybridized carbons (Fsp3) is 0.200. The molecule has 0 saturated carbocycles. The van der Waals surface area contributed by atoms with Gasteiger partial charge in [0, 0.05) is 29.1 Å². The maximum atomic E-state index is 13.1. The Bertz CT molecular complexity index is 1030. The first kappa shape index (κ1) is 20.6. The predicted molar refractivity (Wildman–Crippen MR) is 108 cm³/mol. The number of carbonyl (C=O) groups is 2. The van der Waals surface area contributed by atoms with Gasteiger partial charge in [-0.2, -0.15) is 0 Å². The predicted octanol–water partition coefficient (Wildman–Crippen LogP) is 2.88. The highest BCUT2D eigenvalue weighted by atomic mass is 16.6. The van der Waals surface area contributed by atoms with Crippen LogP contribution in [0.2, 0.25) is 0 Å². The summed E-state index contributed by atoms with van der Waals surface area (Å²) in [5.41, 5.74) is 1.46. The van der Waals surface area contributed by atoms with Gasteiger partial charge in [0.2, 0.25) is 0 Å². The molecule has 0 bridgehead atoms. The molecule has 0 unspecified atom stereocenters. The Morgan fingerprint density at radius 2 is 1.83 bits per heavy atom. The lowest BCUT2D eigenvalue weighted by Gasteiger charge is -2.29. The summed E-state index contributed by atoms with van der Waals surface area (Å²) in [4.78, 5) is 35.5.